The van der Waals surface area contributed by atoms with Crippen LogP contribution < -0.4 is 10.1 Å². The van der Waals surface area contributed by atoms with Crippen molar-refractivity contribution in [1.29, 1.82) is 0 Å². The Balaban J connectivity index is 2.56. The SMILES string of the molecule is CC(C)(C)OC(=O)NCCOc1cc(F)c(C(C)(C)C)c(F)c1. The zero-order valence-electron chi connectivity index (χ0n) is 14.5. The Bertz CT molecular complexity index is 537. The highest BCUT2D eigenvalue weighted by Crippen LogP contribution is 2.30. The van der Waals surface area contributed by atoms with Crippen LogP contribution in [0.25, 0.3) is 0 Å². The van der Waals surface area contributed by atoms with Gasteiger partial charge in [0.1, 0.15) is 29.6 Å². The van der Waals surface area contributed by atoms with Crippen LogP contribution in [0.15, 0.2) is 12.1 Å². The predicted octanol–water partition coefficient (Wildman–Crippen LogP) is 4.17. The first-order chi connectivity index (χ1) is 10.4. The van der Waals surface area contributed by atoms with E-state index < -0.39 is 28.7 Å². The van der Waals surface area contributed by atoms with Crippen LogP contribution in [0.3, 0.4) is 0 Å². The molecule has 0 aliphatic heterocycles. The number of nitrogens with one attached hydrogen (secondary N) is 1. The topological polar surface area (TPSA) is 47.6 Å². The molecule has 6 heteroatoms. The normalized spacial score (nSPS) is 12.0. The van der Waals surface area contributed by atoms with Gasteiger partial charge in [-0.2, -0.15) is 0 Å². The van der Waals surface area contributed by atoms with Gasteiger partial charge in [-0.05, 0) is 26.2 Å². The van der Waals surface area contributed by atoms with Gasteiger partial charge in [0, 0.05) is 17.7 Å². The Morgan fingerprint density at radius 2 is 1.61 bits per heavy atom. The number of hydrogen-bond acceptors (Lipinski definition) is 3. The van der Waals surface area contributed by atoms with Crippen molar-refractivity contribution >= 4 is 6.09 Å². The fraction of sp³-hybridized carbons (Fsp3) is 0.588. The molecule has 0 heterocycles. The smallest absolute Gasteiger partial charge is 0.407 e. The fourth-order valence-corrected chi connectivity index (χ4v) is 1.99. The summed E-state index contributed by atoms with van der Waals surface area (Å²) >= 11 is 0. The lowest BCUT2D eigenvalue weighted by Gasteiger charge is -2.21. The second kappa shape index (κ2) is 7.15. The summed E-state index contributed by atoms with van der Waals surface area (Å²) < 4.78 is 38.4. The van der Waals surface area contributed by atoms with E-state index in [-0.39, 0.29) is 24.5 Å². The predicted molar refractivity (Wildman–Crippen MR) is 84.8 cm³/mol. The number of carbonyl (C=O) groups is 1. The van der Waals surface area contributed by atoms with Crippen LogP contribution in [-0.2, 0) is 10.2 Å². The number of carbonyl (C=O) groups excluding carboxylic acids is 1. The Morgan fingerprint density at radius 3 is 2.04 bits per heavy atom. The Labute approximate surface area is 136 Å². The maximum atomic E-state index is 14.0. The second-order valence-electron chi connectivity index (χ2n) is 7.29. The summed E-state index contributed by atoms with van der Waals surface area (Å²) in [5.41, 5.74) is -1.19. The van der Waals surface area contributed by atoms with Crippen molar-refractivity contribution in [2.75, 3.05) is 13.2 Å². The molecule has 0 atom stereocenters. The van der Waals surface area contributed by atoms with Gasteiger partial charge in [0.25, 0.3) is 0 Å². The monoisotopic (exact) mass is 329 g/mol. The van der Waals surface area contributed by atoms with Crippen molar-refractivity contribution in [2.45, 2.75) is 52.6 Å². The van der Waals surface area contributed by atoms with Gasteiger partial charge in [0.15, 0.2) is 0 Å². The van der Waals surface area contributed by atoms with Crippen LogP contribution in [0.1, 0.15) is 47.1 Å². The second-order valence-corrected chi connectivity index (χ2v) is 7.29. The maximum Gasteiger partial charge on any atom is 0.407 e. The fourth-order valence-electron chi connectivity index (χ4n) is 1.99. The Morgan fingerprint density at radius 1 is 1.09 bits per heavy atom. The molecule has 0 spiro atoms. The summed E-state index contributed by atoms with van der Waals surface area (Å²) in [6.07, 6.45) is -0.568. The highest BCUT2D eigenvalue weighted by molar-refractivity contribution is 5.67. The lowest BCUT2D eigenvalue weighted by atomic mass is 9.86. The minimum Gasteiger partial charge on any atom is -0.492 e. The number of rotatable bonds is 4. The highest BCUT2D eigenvalue weighted by atomic mass is 19.1. The molecule has 0 aromatic heterocycles. The minimum absolute atomic E-state index is 0.0247. The van der Waals surface area contributed by atoms with E-state index in [2.05, 4.69) is 5.32 Å². The zero-order valence-corrected chi connectivity index (χ0v) is 14.5. The quantitative estimate of drug-likeness (QED) is 0.844. The molecule has 1 N–H and O–H groups in total. The third kappa shape index (κ3) is 6.42. The minimum atomic E-state index is -0.646. The van der Waals surface area contributed by atoms with E-state index in [4.69, 9.17) is 9.47 Å². The van der Waals surface area contributed by atoms with E-state index in [0.717, 1.165) is 12.1 Å². The molecular weight excluding hydrogens is 304 g/mol. The number of hydrogen-bond donors (Lipinski definition) is 1. The van der Waals surface area contributed by atoms with Gasteiger partial charge in [-0.1, -0.05) is 20.8 Å². The van der Waals surface area contributed by atoms with E-state index in [9.17, 15) is 13.6 Å². The van der Waals surface area contributed by atoms with Gasteiger partial charge < -0.3 is 14.8 Å². The Kier molecular flexibility index (Phi) is 5.97. The molecule has 1 aromatic carbocycles. The van der Waals surface area contributed by atoms with E-state index in [0.29, 0.717) is 0 Å². The van der Waals surface area contributed by atoms with Crippen molar-refractivity contribution in [3.8, 4) is 5.75 Å². The number of ether oxygens (including phenoxy) is 2. The summed E-state index contributed by atoms with van der Waals surface area (Å²) in [6, 6.07) is 2.30. The first kappa shape index (κ1) is 19.2. The van der Waals surface area contributed by atoms with Gasteiger partial charge >= 0.3 is 6.09 Å². The number of alkyl carbamates (subject to hydrolysis) is 1. The molecular formula is C17H25F2NO3. The van der Waals surface area contributed by atoms with Crippen molar-refractivity contribution in [3.63, 3.8) is 0 Å². The largest absolute Gasteiger partial charge is 0.492 e. The number of benzene rings is 1. The van der Waals surface area contributed by atoms with E-state index in [1.54, 1.807) is 41.5 Å². The molecule has 0 bridgehead atoms. The first-order valence-electron chi connectivity index (χ1n) is 7.49. The average Bonchev–Trinajstić information content (AvgIpc) is 2.29. The molecule has 4 nitrogen and oxygen atoms in total. The summed E-state index contributed by atoms with van der Waals surface area (Å²) in [4.78, 5) is 11.4. The van der Waals surface area contributed by atoms with E-state index in [1.807, 2.05) is 0 Å². The summed E-state index contributed by atoms with van der Waals surface area (Å²) in [7, 11) is 0. The summed E-state index contributed by atoms with van der Waals surface area (Å²) in [5, 5.41) is 2.50. The van der Waals surface area contributed by atoms with Crippen molar-refractivity contribution in [3.05, 3.63) is 29.3 Å². The first-order valence-corrected chi connectivity index (χ1v) is 7.49. The maximum absolute atomic E-state index is 14.0. The molecule has 1 amide bonds. The van der Waals surface area contributed by atoms with E-state index >= 15 is 0 Å². The van der Waals surface area contributed by atoms with Crippen LogP contribution in [0.5, 0.6) is 5.75 Å². The number of amides is 1. The van der Waals surface area contributed by atoms with Gasteiger partial charge in [0.05, 0.1) is 6.54 Å². The van der Waals surface area contributed by atoms with Crippen LogP contribution in [0.2, 0.25) is 0 Å². The lowest BCUT2D eigenvalue weighted by molar-refractivity contribution is 0.0520. The molecule has 0 unspecified atom stereocenters. The standard InChI is InChI=1S/C17H25F2NO3/c1-16(2,3)14-12(18)9-11(10-13(14)19)22-8-7-20-15(21)23-17(4,5)6/h9-10H,7-8H2,1-6H3,(H,20,21). The van der Waals surface area contributed by atoms with Crippen LogP contribution in [0, 0.1) is 11.6 Å². The molecule has 0 fully saturated rings. The van der Waals surface area contributed by atoms with Crippen LogP contribution in [0.4, 0.5) is 13.6 Å². The summed E-state index contributed by atoms with van der Waals surface area (Å²) in [6.45, 7) is 10.7. The van der Waals surface area contributed by atoms with Gasteiger partial charge in [-0.3, -0.25) is 0 Å². The van der Waals surface area contributed by atoms with Crippen molar-refractivity contribution in [1.82, 2.24) is 5.32 Å². The molecule has 0 radical (unpaired) electrons. The summed E-state index contributed by atoms with van der Waals surface area (Å²) in [5.74, 6) is -1.21. The molecule has 130 valence electrons. The van der Waals surface area contributed by atoms with Crippen LogP contribution >= 0.6 is 0 Å². The van der Waals surface area contributed by atoms with Gasteiger partial charge in [0.2, 0.25) is 0 Å². The molecule has 1 rings (SSSR count). The molecule has 0 saturated carbocycles. The van der Waals surface area contributed by atoms with E-state index in [1.165, 1.54) is 0 Å². The molecule has 0 aliphatic rings. The van der Waals surface area contributed by atoms with Crippen molar-refractivity contribution < 1.29 is 23.0 Å². The molecule has 0 saturated heterocycles. The lowest BCUT2D eigenvalue weighted by Crippen LogP contribution is -2.34. The van der Waals surface area contributed by atoms with Crippen LogP contribution in [-0.4, -0.2) is 24.8 Å². The van der Waals surface area contributed by atoms with Gasteiger partial charge in [-0.25, -0.2) is 13.6 Å². The van der Waals surface area contributed by atoms with Gasteiger partial charge in [-0.15, -0.1) is 0 Å². The Hall–Kier alpha value is -1.85. The third-order valence-corrected chi connectivity index (χ3v) is 2.80. The van der Waals surface area contributed by atoms with Crippen molar-refractivity contribution in [2.24, 2.45) is 0 Å². The average molecular weight is 329 g/mol. The molecule has 23 heavy (non-hydrogen) atoms. The third-order valence-electron chi connectivity index (χ3n) is 2.80. The molecule has 1 aromatic rings. The molecule has 0 aliphatic carbocycles. The number of halogens is 2. The highest BCUT2D eigenvalue weighted by Gasteiger charge is 2.24. The zero-order chi connectivity index (χ0) is 17.8.